The molecule has 1 nitrogen and oxygen atoms in total. The third-order valence-corrected chi connectivity index (χ3v) is 5.22. The predicted molar refractivity (Wildman–Crippen MR) is 85.7 cm³/mol. The summed E-state index contributed by atoms with van der Waals surface area (Å²) in [7, 11) is 0. The number of nitrogens with zero attached hydrogens (tertiary/aromatic N) is 1. The molecule has 0 N–H and O–H groups in total. The SMILES string of the molecule is Cc1csc(CC(CBr)Cc2ccc(Br)cc2)n1. The van der Waals surface area contributed by atoms with E-state index in [4.69, 9.17) is 0 Å². The monoisotopic (exact) mass is 387 g/mol. The lowest BCUT2D eigenvalue weighted by molar-refractivity contribution is 0.589. The van der Waals surface area contributed by atoms with Gasteiger partial charge in [-0.25, -0.2) is 4.98 Å². The lowest BCUT2D eigenvalue weighted by Gasteiger charge is -2.12. The van der Waals surface area contributed by atoms with Gasteiger partial charge in [0.15, 0.2) is 0 Å². The van der Waals surface area contributed by atoms with Crippen molar-refractivity contribution in [2.24, 2.45) is 5.92 Å². The number of benzene rings is 1. The second-order valence-corrected chi connectivity index (χ2v) is 6.94. The van der Waals surface area contributed by atoms with E-state index in [-0.39, 0.29) is 0 Å². The van der Waals surface area contributed by atoms with Gasteiger partial charge in [-0.3, -0.25) is 0 Å². The smallest absolute Gasteiger partial charge is 0.0931 e. The molecule has 0 saturated carbocycles. The normalized spacial score (nSPS) is 12.6. The van der Waals surface area contributed by atoms with E-state index >= 15 is 0 Å². The highest BCUT2D eigenvalue weighted by molar-refractivity contribution is 9.10. The first-order valence-corrected chi connectivity index (χ1v) is 8.68. The summed E-state index contributed by atoms with van der Waals surface area (Å²) in [5.74, 6) is 0.608. The average molecular weight is 389 g/mol. The van der Waals surface area contributed by atoms with Gasteiger partial charge in [-0.2, -0.15) is 0 Å². The van der Waals surface area contributed by atoms with Crippen LogP contribution < -0.4 is 0 Å². The van der Waals surface area contributed by atoms with Crippen molar-refractivity contribution in [3.63, 3.8) is 0 Å². The average Bonchev–Trinajstić information content (AvgIpc) is 2.77. The first kappa shape index (κ1) is 14.2. The number of hydrogen-bond donors (Lipinski definition) is 0. The van der Waals surface area contributed by atoms with Crippen LogP contribution >= 0.6 is 43.2 Å². The zero-order chi connectivity index (χ0) is 13.0. The molecular formula is C14H15Br2NS. The van der Waals surface area contributed by atoms with Gasteiger partial charge in [0.25, 0.3) is 0 Å². The van der Waals surface area contributed by atoms with Crippen LogP contribution in [-0.2, 0) is 12.8 Å². The Bertz CT molecular complexity index is 493. The van der Waals surface area contributed by atoms with Gasteiger partial charge in [0, 0.05) is 27.3 Å². The number of hydrogen-bond acceptors (Lipinski definition) is 2. The Balaban J connectivity index is 1.99. The molecule has 1 unspecified atom stereocenters. The highest BCUT2D eigenvalue weighted by Gasteiger charge is 2.11. The molecule has 1 atom stereocenters. The van der Waals surface area contributed by atoms with Crippen molar-refractivity contribution in [2.45, 2.75) is 19.8 Å². The minimum Gasteiger partial charge on any atom is -0.247 e. The van der Waals surface area contributed by atoms with Crippen molar-refractivity contribution >= 4 is 43.2 Å². The van der Waals surface area contributed by atoms with E-state index in [1.165, 1.54) is 10.6 Å². The molecule has 1 aromatic carbocycles. The molecule has 1 aromatic heterocycles. The molecule has 0 aliphatic heterocycles. The van der Waals surface area contributed by atoms with Gasteiger partial charge in [-0.05, 0) is 37.0 Å². The minimum absolute atomic E-state index is 0.608. The molecule has 1 heterocycles. The Morgan fingerprint density at radius 3 is 2.50 bits per heavy atom. The summed E-state index contributed by atoms with van der Waals surface area (Å²) in [6.45, 7) is 2.05. The number of alkyl halides is 1. The van der Waals surface area contributed by atoms with Crippen molar-refractivity contribution in [1.29, 1.82) is 0 Å². The van der Waals surface area contributed by atoms with E-state index in [1.807, 2.05) is 0 Å². The van der Waals surface area contributed by atoms with Crippen LogP contribution in [0, 0.1) is 12.8 Å². The molecule has 0 fully saturated rings. The Labute approximate surface area is 129 Å². The van der Waals surface area contributed by atoms with Crippen molar-refractivity contribution in [3.05, 3.63) is 50.4 Å². The van der Waals surface area contributed by atoms with Crippen molar-refractivity contribution in [3.8, 4) is 0 Å². The second kappa shape index (κ2) is 6.83. The molecule has 0 aliphatic rings. The van der Waals surface area contributed by atoms with E-state index in [9.17, 15) is 0 Å². The molecule has 4 heteroatoms. The Kier molecular flexibility index (Phi) is 5.39. The van der Waals surface area contributed by atoms with Gasteiger partial charge < -0.3 is 0 Å². The van der Waals surface area contributed by atoms with Crippen LogP contribution in [0.3, 0.4) is 0 Å². The summed E-state index contributed by atoms with van der Waals surface area (Å²) in [5.41, 5.74) is 2.52. The minimum atomic E-state index is 0.608. The van der Waals surface area contributed by atoms with Crippen molar-refractivity contribution in [1.82, 2.24) is 4.98 Å². The Morgan fingerprint density at radius 1 is 1.22 bits per heavy atom. The van der Waals surface area contributed by atoms with E-state index in [2.05, 4.69) is 73.4 Å². The van der Waals surface area contributed by atoms with Gasteiger partial charge in [0.2, 0.25) is 0 Å². The van der Waals surface area contributed by atoms with E-state index in [1.54, 1.807) is 11.3 Å². The fourth-order valence-corrected chi connectivity index (χ4v) is 3.49. The van der Waals surface area contributed by atoms with Gasteiger partial charge in [-0.1, -0.05) is 44.0 Å². The molecule has 0 bridgehead atoms. The maximum Gasteiger partial charge on any atom is 0.0931 e. The van der Waals surface area contributed by atoms with Crippen LogP contribution in [0.15, 0.2) is 34.1 Å². The second-order valence-electron chi connectivity index (χ2n) is 4.44. The van der Waals surface area contributed by atoms with Crippen LogP contribution in [0.25, 0.3) is 0 Å². The number of aryl methyl sites for hydroxylation is 1. The van der Waals surface area contributed by atoms with Crippen molar-refractivity contribution < 1.29 is 0 Å². The fraction of sp³-hybridized carbons (Fsp3) is 0.357. The quantitative estimate of drug-likeness (QED) is 0.656. The third-order valence-electron chi connectivity index (χ3n) is 2.79. The molecular weight excluding hydrogens is 374 g/mol. The number of halogens is 2. The highest BCUT2D eigenvalue weighted by Crippen LogP contribution is 2.20. The van der Waals surface area contributed by atoms with Crippen LogP contribution in [0.1, 0.15) is 16.3 Å². The lowest BCUT2D eigenvalue weighted by atomic mass is 9.98. The van der Waals surface area contributed by atoms with Crippen LogP contribution in [-0.4, -0.2) is 10.3 Å². The van der Waals surface area contributed by atoms with Gasteiger partial charge >= 0.3 is 0 Å². The zero-order valence-electron chi connectivity index (χ0n) is 10.2. The summed E-state index contributed by atoms with van der Waals surface area (Å²) in [6.07, 6.45) is 2.15. The summed E-state index contributed by atoms with van der Waals surface area (Å²) in [4.78, 5) is 4.54. The van der Waals surface area contributed by atoms with Crippen LogP contribution in [0.2, 0.25) is 0 Å². The van der Waals surface area contributed by atoms with Crippen LogP contribution in [0.4, 0.5) is 0 Å². The predicted octanol–water partition coefficient (Wildman–Crippen LogP) is 5.01. The Morgan fingerprint density at radius 2 is 1.94 bits per heavy atom. The topological polar surface area (TPSA) is 12.9 Å². The number of thiazole rings is 1. The summed E-state index contributed by atoms with van der Waals surface area (Å²) >= 11 is 8.85. The molecule has 0 spiro atoms. The van der Waals surface area contributed by atoms with E-state index in [0.29, 0.717) is 5.92 Å². The summed E-state index contributed by atoms with van der Waals surface area (Å²) in [5, 5.41) is 4.39. The molecule has 18 heavy (non-hydrogen) atoms. The number of aromatic nitrogens is 1. The Hall–Kier alpha value is -0.190. The molecule has 0 radical (unpaired) electrons. The van der Waals surface area contributed by atoms with Gasteiger partial charge in [-0.15, -0.1) is 11.3 Å². The highest BCUT2D eigenvalue weighted by atomic mass is 79.9. The fourth-order valence-electron chi connectivity index (χ4n) is 1.88. The van der Waals surface area contributed by atoms with Crippen LogP contribution in [0.5, 0.6) is 0 Å². The maximum absolute atomic E-state index is 4.54. The summed E-state index contributed by atoms with van der Waals surface area (Å²) < 4.78 is 1.14. The maximum atomic E-state index is 4.54. The van der Waals surface area contributed by atoms with Crippen molar-refractivity contribution in [2.75, 3.05) is 5.33 Å². The molecule has 96 valence electrons. The largest absolute Gasteiger partial charge is 0.247 e. The van der Waals surface area contributed by atoms with E-state index in [0.717, 1.165) is 28.3 Å². The molecule has 2 rings (SSSR count). The molecule has 0 amide bonds. The third kappa shape index (κ3) is 4.18. The molecule has 0 saturated heterocycles. The molecule has 0 aliphatic carbocycles. The lowest BCUT2D eigenvalue weighted by Crippen LogP contribution is -2.09. The van der Waals surface area contributed by atoms with Gasteiger partial charge in [0.1, 0.15) is 0 Å². The first-order valence-electron chi connectivity index (χ1n) is 5.89. The number of rotatable bonds is 5. The standard InChI is InChI=1S/C14H15Br2NS/c1-10-9-18-14(17-10)7-12(8-15)6-11-2-4-13(16)5-3-11/h2-5,9,12H,6-8H2,1H3. The first-order chi connectivity index (χ1) is 8.67. The van der Waals surface area contributed by atoms with E-state index < -0.39 is 0 Å². The van der Waals surface area contributed by atoms with Gasteiger partial charge in [0.05, 0.1) is 5.01 Å². The summed E-state index contributed by atoms with van der Waals surface area (Å²) in [6, 6.07) is 8.59. The zero-order valence-corrected chi connectivity index (χ0v) is 14.2. The molecule has 2 aromatic rings.